The van der Waals surface area contributed by atoms with Crippen molar-refractivity contribution in [2.24, 2.45) is 0 Å². The fourth-order valence-corrected chi connectivity index (χ4v) is 1.97. The molecule has 0 saturated carbocycles. The number of hydrogen-bond acceptors (Lipinski definition) is 4. The van der Waals surface area contributed by atoms with Crippen molar-refractivity contribution >= 4 is 11.9 Å². The van der Waals surface area contributed by atoms with Gasteiger partial charge < -0.3 is 9.47 Å². The van der Waals surface area contributed by atoms with Gasteiger partial charge in [-0.05, 0) is 32.3 Å². The number of carbonyl (C=O) groups excluding carboxylic acids is 2. The predicted molar refractivity (Wildman–Crippen MR) is 86.3 cm³/mol. The predicted octanol–water partition coefficient (Wildman–Crippen LogP) is 3.88. The molecular weight excluding hydrogens is 280 g/mol. The van der Waals surface area contributed by atoms with Crippen LogP contribution < -0.4 is 0 Å². The largest absolute Gasteiger partial charge is 0.462 e. The van der Waals surface area contributed by atoms with Gasteiger partial charge in [0.25, 0.3) is 0 Å². The van der Waals surface area contributed by atoms with Gasteiger partial charge in [0, 0.05) is 0 Å². The Morgan fingerprint density at radius 1 is 0.955 bits per heavy atom. The van der Waals surface area contributed by atoms with E-state index < -0.39 is 11.9 Å². The highest BCUT2D eigenvalue weighted by atomic mass is 16.5. The van der Waals surface area contributed by atoms with E-state index in [1.165, 1.54) is 0 Å². The van der Waals surface area contributed by atoms with Gasteiger partial charge in [0.1, 0.15) is 0 Å². The molecule has 0 atom stereocenters. The second-order valence-corrected chi connectivity index (χ2v) is 5.34. The third-order valence-electron chi connectivity index (χ3n) is 3.33. The van der Waals surface area contributed by atoms with E-state index in [0.717, 1.165) is 31.3 Å². The van der Waals surface area contributed by atoms with Gasteiger partial charge >= 0.3 is 11.9 Å². The Morgan fingerprint density at radius 3 is 2.05 bits per heavy atom. The zero-order chi connectivity index (χ0) is 16.4. The van der Waals surface area contributed by atoms with E-state index in [1.807, 2.05) is 26.8 Å². The summed E-state index contributed by atoms with van der Waals surface area (Å²) < 4.78 is 10.5. The summed E-state index contributed by atoms with van der Waals surface area (Å²) in [5.74, 6) is -0.906. The molecular formula is C18H26O4. The van der Waals surface area contributed by atoms with Gasteiger partial charge in [0.15, 0.2) is 0 Å². The van der Waals surface area contributed by atoms with Gasteiger partial charge in [-0.3, -0.25) is 0 Å². The van der Waals surface area contributed by atoms with E-state index in [9.17, 15) is 9.59 Å². The number of carbonyl (C=O) groups is 2. The van der Waals surface area contributed by atoms with Crippen molar-refractivity contribution < 1.29 is 19.1 Å². The molecule has 0 spiro atoms. The quantitative estimate of drug-likeness (QED) is 0.504. The lowest BCUT2D eigenvalue weighted by atomic mass is 10.0. The van der Waals surface area contributed by atoms with Crippen molar-refractivity contribution in [1.82, 2.24) is 0 Å². The number of unbranched alkanes of at least 4 members (excludes halogenated alkanes) is 2. The molecule has 1 aliphatic rings. The number of allylic oxidation sites excluding steroid dienone is 4. The van der Waals surface area contributed by atoms with Gasteiger partial charge in [-0.1, -0.05) is 44.4 Å². The van der Waals surface area contributed by atoms with Crippen LogP contribution >= 0.6 is 0 Å². The minimum Gasteiger partial charge on any atom is -0.462 e. The van der Waals surface area contributed by atoms with E-state index in [1.54, 1.807) is 12.2 Å². The molecule has 0 radical (unpaired) electrons. The minimum absolute atomic E-state index is 0.295. The van der Waals surface area contributed by atoms with Gasteiger partial charge in [-0.15, -0.1) is 0 Å². The van der Waals surface area contributed by atoms with E-state index in [-0.39, 0.29) is 0 Å². The molecule has 0 saturated heterocycles. The summed E-state index contributed by atoms with van der Waals surface area (Å²) >= 11 is 0. The average Bonchev–Trinajstić information content (AvgIpc) is 2.69. The first-order valence-electron chi connectivity index (χ1n) is 8.03. The van der Waals surface area contributed by atoms with Gasteiger partial charge in [0.2, 0.25) is 0 Å². The van der Waals surface area contributed by atoms with Crippen molar-refractivity contribution in [2.45, 2.75) is 52.9 Å². The fraction of sp³-hybridized carbons (Fsp3) is 0.556. The van der Waals surface area contributed by atoms with Crippen LogP contribution in [0.4, 0.5) is 0 Å². The van der Waals surface area contributed by atoms with Gasteiger partial charge in [-0.2, -0.15) is 0 Å². The molecule has 4 nitrogen and oxygen atoms in total. The van der Waals surface area contributed by atoms with Crippen LogP contribution in [0, 0.1) is 0 Å². The van der Waals surface area contributed by atoms with Gasteiger partial charge in [-0.25, -0.2) is 9.59 Å². The van der Waals surface area contributed by atoms with Crippen LogP contribution in [0.1, 0.15) is 52.9 Å². The van der Waals surface area contributed by atoms with Crippen molar-refractivity contribution in [3.63, 3.8) is 0 Å². The summed E-state index contributed by atoms with van der Waals surface area (Å²) in [5.41, 5.74) is 1.55. The summed E-state index contributed by atoms with van der Waals surface area (Å²) in [4.78, 5) is 24.5. The zero-order valence-electron chi connectivity index (χ0n) is 13.8. The zero-order valence-corrected chi connectivity index (χ0v) is 13.8. The van der Waals surface area contributed by atoms with Crippen molar-refractivity contribution in [3.05, 3.63) is 34.9 Å². The first kappa shape index (κ1) is 18.2. The van der Waals surface area contributed by atoms with Crippen LogP contribution in [0.3, 0.4) is 0 Å². The third kappa shape index (κ3) is 5.88. The summed E-state index contributed by atoms with van der Waals surface area (Å²) in [5, 5.41) is 0. The maximum atomic E-state index is 12.2. The Hall–Kier alpha value is -1.84. The standard InChI is InChI=1S/C18H26O4/c1-4-6-11-21-17(19)15-10-8-9-14(3)13-16(15)18(20)22-12-7-5-2/h9-10,13H,4-8,11-12H2,1-3H3. The van der Waals surface area contributed by atoms with Crippen LogP contribution in [0.25, 0.3) is 0 Å². The number of ether oxygens (including phenoxy) is 2. The number of hydrogen-bond donors (Lipinski definition) is 0. The van der Waals surface area contributed by atoms with E-state index in [0.29, 0.717) is 30.8 Å². The van der Waals surface area contributed by atoms with Crippen LogP contribution in [0.2, 0.25) is 0 Å². The minimum atomic E-state index is -0.457. The Balaban J connectivity index is 2.83. The fourth-order valence-electron chi connectivity index (χ4n) is 1.97. The first-order chi connectivity index (χ1) is 10.6. The van der Waals surface area contributed by atoms with Crippen LogP contribution in [0.5, 0.6) is 0 Å². The van der Waals surface area contributed by atoms with Crippen molar-refractivity contribution in [1.29, 1.82) is 0 Å². The molecule has 0 aromatic carbocycles. The molecule has 1 rings (SSSR count). The van der Waals surface area contributed by atoms with Crippen molar-refractivity contribution in [2.75, 3.05) is 13.2 Å². The molecule has 0 bridgehead atoms. The Bertz CT molecular complexity index is 483. The molecule has 0 heterocycles. The van der Waals surface area contributed by atoms with Crippen LogP contribution in [0.15, 0.2) is 34.9 Å². The summed E-state index contributed by atoms with van der Waals surface area (Å²) in [6, 6.07) is 0. The highest BCUT2D eigenvalue weighted by molar-refractivity contribution is 6.07. The first-order valence-corrected chi connectivity index (χ1v) is 8.03. The lowest BCUT2D eigenvalue weighted by molar-refractivity contribution is -0.142. The number of rotatable bonds is 8. The van der Waals surface area contributed by atoms with E-state index >= 15 is 0 Å². The molecule has 0 aromatic heterocycles. The summed E-state index contributed by atoms with van der Waals surface area (Å²) in [6.07, 6.45) is 9.54. The smallest absolute Gasteiger partial charge is 0.339 e. The Labute approximate surface area is 132 Å². The van der Waals surface area contributed by atoms with Crippen LogP contribution in [-0.2, 0) is 19.1 Å². The lowest BCUT2D eigenvalue weighted by Crippen LogP contribution is -2.18. The molecule has 0 fully saturated rings. The summed E-state index contributed by atoms with van der Waals surface area (Å²) in [7, 11) is 0. The highest BCUT2D eigenvalue weighted by Crippen LogP contribution is 2.21. The highest BCUT2D eigenvalue weighted by Gasteiger charge is 2.24. The van der Waals surface area contributed by atoms with Crippen molar-refractivity contribution in [3.8, 4) is 0 Å². The molecule has 0 N–H and O–H groups in total. The Kier molecular flexibility index (Phi) is 8.26. The molecule has 0 amide bonds. The third-order valence-corrected chi connectivity index (χ3v) is 3.33. The molecule has 0 aromatic rings. The molecule has 22 heavy (non-hydrogen) atoms. The topological polar surface area (TPSA) is 52.6 Å². The normalized spacial score (nSPS) is 14.4. The summed E-state index contributed by atoms with van der Waals surface area (Å²) in [6.45, 7) is 6.70. The number of esters is 2. The average molecular weight is 306 g/mol. The maximum absolute atomic E-state index is 12.2. The molecule has 122 valence electrons. The maximum Gasteiger partial charge on any atom is 0.339 e. The molecule has 0 unspecified atom stereocenters. The second kappa shape index (κ2) is 9.98. The van der Waals surface area contributed by atoms with E-state index in [2.05, 4.69) is 0 Å². The molecule has 4 heteroatoms. The van der Waals surface area contributed by atoms with Crippen LogP contribution in [-0.4, -0.2) is 25.2 Å². The monoisotopic (exact) mass is 306 g/mol. The second-order valence-electron chi connectivity index (χ2n) is 5.34. The van der Waals surface area contributed by atoms with E-state index in [4.69, 9.17) is 9.47 Å². The molecule has 1 aliphatic carbocycles. The van der Waals surface area contributed by atoms with Gasteiger partial charge in [0.05, 0.1) is 24.4 Å². The SMILES string of the molecule is CCCCOC(=O)C1=CCC=C(C)C=C1C(=O)OCCCC. The Morgan fingerprint density at radius 2 is 1.50 bits per heavy atom. The molecule has 0 aliphatic heterocycles. The lowest BCUT2D eigenvalue weighted by Gasteiger charge is -2.11.